The normalized spacial score (nSPS) is 21.0. The van der Waals surface area contributed by atoms with Gasteiger partial charge in [0.05, 0.1) is 6.54 Å². The largest absolute Gasteiger partial charge is 0.441 e. The van der Waals surface area contributed by atoms with Gasteiger partial charge in [-0.3, -0.25) is 4.79 Å². The van der Waals surface area contributed by atoms with Gasteiger partial charge in [-0.25, -0.2) is 4.79 Å². The number of benzene rings is 1. The van der Waals surface area contributed by atoms with Crippen molar-refractivity contribution in [2.75, 3.05) is 32.8 Å². The Morgan fingerprint density at radius 2 is 1.96 bits per heavy atom. The SMILES string of the molecule is CC(CN1CC2(CCN(C(=O)CO)CC2)OC1=O)c1ccccc1. The average Bonchev–Trinajstić information content (AvgIpc) is 2.90. The van der Waals surface area contributed by atoms with E-state index in [4.69, 9.17) is 9.84 Å². The molecule has 2 amide bonds. The van der Waals surface area contributed by atoms with Crippen LogP contribution < -0.4 is 0 Å². The molecule has 1 atom stereocenters. The van der Waals surface area contributed by atoms with Gasteiger partial charge in [-0.2, -0.15) is 0 Å². The van der Waals surface area contributed by atoms with Gasteiger partial charge < -0.3 is 19.6 Å². The average molecular weight is 332 g/mol. The van der Waals surface area contributed by atoms with E-state index in [0.29, 0.717) is 39.0 Å². The molecule has 1 N–H and O–H groups in total. The van der Waals surface area contributed by atoms with Crippen molar-refractivity contribution in [3.8, 4) is 0 Å². The van der Waals surface area contributed by atoms with Crippen LogP contribution >= 0.6 is 0 Å². The molecule has 0 saturated carbocycles. The highest BCUT2D eigenvalue weighted by Crippen LogP contribution is 2.34. The van der Waals surface area contributed by atoms with E-state index in [0.717, 1.165) is 0 Å². The van der Waals surface area contributed by atoms with E-state index >= 15 is 0 Å². The zero-order valence-corrected chi connectivity index (χ0v) is 14.0. The molecule has 6 nitrogen and oxygen atoms in total. The Labute approximate surface area is 142 Å². The highest BCUT2D eigenvalue weighted by atomic mass is 16.6. The summed E-state index contributed by atoms with van der Waals surface area (Å²) in [6.45, 7) is 3.89. The smallest absolute Gasteiger partial charge is 0.410 e. The quantitative estimate of drug-likeness (QED) is 0.909. The van der Waals surface area contributed by atoms with Gasteiger partial charge in [-0.15, -0.1) is 0 Å². The lowest BCUT2D eigenvalue weighted by Crippen LogP contribution is -2.49. The lowest BCUT2D eigenvalue weighted by atomic mass is 9.91. The summed E-state index contributed by atoms with van der Waals surface area (Å²) in [7, 11) is 0. The second-order valence-corrected chi connectivity index (χ2v) is 6.78. The molecular formula is C18H24N2O4. The van der Waals surface area contributed by atoms with E-state index in [9.17, 15) is 9.59 Å². The van der Waals surface area contributed by atoms with Crippen molar-refractivity contribution in [2.45, 2.75) is 31.3 Å². The number of carbonyl (C=O) groups excluding carboxylic acids is 2. The number of nitrogens with zero attached hydrogens (tertiary/aromatic N) is 2. The van der Waals surface area contributed by atoms with Gasteiger partial charge in [0, 0.05) is 32.5 Å². The molecule has 2 heterocycles. The Morgan fingerprint density at radius 3 is 2.58 bits per heavy atom. The maximum atomic E-state index is 12.3. The minimum Gasteiger partial charge on any atom is -0.441 e. The first kappa shape index (κ1) is 16.8. The van der Waals surface area contributed by atoms with Gasteiger partial charge in [0.2, 0.25) is 5.91 Å². The third-order valence-electron chi connectivity index (χ3n) is 5.07. The summed E-state index contributed by atoms with van der Waals surface area (Å²) in [6, 6.07) is 10.1. The minimum absolute atomic E-state index is 0.241. The molecule has 1 spiro atoms. The van der Waals surface area contributed by atoms with Crippen LogP contribution in [0.3, 0.4) is 0 Å². The van der Waals surface area contributed by atoms with E-state index in [1.54, 1.807) is 9.80 Å². The van der Waals surface area contributed by atoms with Gasteiger partial charge in [-0.1, -0.05) is 37.3 Å². The van der Waals surface area contributed by atoms with Crippen LogP contribution in [0.15, 0.2) is 30.3 Å². The van der Waals surface area contributed by atoms with E-state index < -0.39 is 12.2 Å². The molecule has 24 heavy (non-hydrogen) atoms. The van der Waals surface area contributed by atoms with E-state index in [1.807, 2.05) is 18.2 Å². The van der Waals surface area contributed by atoms with Gasteiger partial charge in [0.1, 0.15) is 12.2 Å². The predicted molar refractivity (Wildman–Crippen MR) is 88.5 cm³/mol. The molecule has 3 rings (SSSR count). The van der Waals surface area contributed by atoms with E-state index in [2.05, 4.69) is 19.1 Å². The second-order valence-electron chi connectivity index (χ2n) is 6.78. The molecular weight excluding hydrogens is 308 g/mol. The molecule has 0 aromatic heterocycles. The number of likely N-dealkylation sites (tertiary alicyclic amines) is 1. The highest BCUT2D eigenvalue weighted by Gasteiger charge is 2.47. The predicted octanol–water partition coefficient (Wildman–Crippen LogP) is 1.60. The number of aliphatic hydroxyl groups is 1. The van der Waals surface area contributed by atoms with Crippen molar-refractivity contribution < 1.29 is 19.4 Å². The number of ether oxygens (including phenoxy) is 1. The number of amides is 2. The zero-order valence-electron chi connectivity index (χ0n) is 14.0. The van der Waals surface area contributed by atoms with E-state index in [-0.39, 0.29) is 17.9 Å². The highest BCUT2D eigenvalue weighted by molar-refractivity contribution is 5.77. The van der Waals surface area contributed by atoms with Gasteiger partial charge in [-0.05, 0) is 11.5 Å². The third-order valence-corrected chi connectivity index (χ3v) is 5.07. The summed E-state index contributed by atoms with van der Waals surface area (Å²) in [5.74, 6) is -0.0197. The van der Waals surface area contributed by atoms with E-state index in [1.165, 1.54) is 5.56 Å². The number of aliphatic hydroxyl groups excluding tert-OH is 1. The van der Waals surface area contributed by atoms with Crippen molar-refractivity contribution in [1.29, 1.82) is 0 Å². The van der Waals surface area contributed by atoms with Crippen LogP contribution in [-0.4, -0.2) is 65.3 Å². The van der Waals surface area contributed by atoms with Crippen LogP contribution in [0.4, 0.5) is 4.79 Å². The summed E-state index contributed by atoms with van der Waals surface area (Å²) < 4.78 is 5.69. The van der Waals surface area contributed by atoms with Gasteiger partial charge in [0.25, 0.3) is 0 Å². The Kier molecular flexibility index (Phi) is 4.76. The second kappa shape index (κ2) is 6.81. The lowest BCUT2D eigenvalue weighted by molar-refractivity contribution is -0.137. The molecule has 1 unspecified atom stereocenters. The van der Waals surface area contributed by atoms with Crippen molar-refractivity contribution >= 4 is 12.0 Å². The molecule has 2 aliphatic rings. The lowest BCUT2D eigenvalue weighted by Gasteiger charge is -2.37. The molecule has 2 fully saturated rings. The summed E-state index contributed by atoms with van der Waals surface area (Å²) in [6.07, 6.45) is 0.987. The van der Waals surface area contributed by atoms with Crippen LogP contribution in [0.2, 0.25) is 0 Å². The van der Waals surface area contributed by atoms with Gasteiger partial charge >= 0.3 is 6.09 Å². The Morgan fingerprint density at radius 1 is 1.29 bits per heavy atom. The maximum Gasteiger partial charge on any atom is 0.410 e. The monoisotopic (exact) mass is 332 g/mol. The zero-order chi connectivity index (χ0) is 17.2. The number of hydrogen-bond donors (Lipinski definition) is 1. The molecule has 0 aliphatic carbocycles. The van der Waals surface area contributed by atoms with Crippen LogP contribution in [0.1, 0.15) is 31.2 Å². The number of piperidine rings is 1. The molecule has 1 aromatic rings. The van der Waals surface area contributed by atoms with Crippen molar-refractivity contribution in [1.82, 2.24) is 9.80 Å². The fourth-order valence-corrected chi connectivity index (χ4v) is 3.57. The summed E-state index contributed by atoms with van der Waals surface area (Å²) in [5, 5.41) is 8.95. The summed E-state index contributed by atoms with van der Waals surface area (Å²) in [5.41, 5.74) is 0.717. The third kappa shape index (κ3) is 3.38. The first-order valence-corrected chi connectivity index (χ1v) is 8.44. The molecule has 0 radical (unpaired) electrons. The number of hydrogen-bond acceptors (Lipinski definition) is 4. The van der Waals surface area contributed by atoms with Crippen molar-refractivity contribution in [2.24, 2.45) is 0 Å². The molecule has 0 bridgehead atoms. The van der Waals surface area contributed by atoms with Crippen LogP contribution in [-0.2, 0) is 9.53 Å². The van der Waals surface area contributed by atoms with Crippen molar-refractivity contribution in [3.63, 3.8) is 0 Å². The van der Waals surface area contributed by atoms with Crippen LogP contribution in [0.25, 0.3) is 0 Å². The molecule has 2 aliphatic heterocycles. The minimum atomic E-state index is -0.486. The van der Waals surface area contributed by atoms with Crippen molar-refractivity contribution in [3.05, 3.63) is 35.9 Å². The fraction of sp³-hybridized carbons (Fsp3) is 0.556. The standard InChI is InChI=1S/C18H24N2O4/c1-14(15-5-3-2-4-6-15)11-20-13-18(24-17(20)23)7-9-19(10-8-18)16(22)12-21/h2-6,14,21H,7-13H2,1H3. The molecule has 1 aromatic carbocycles. The van der Waals surface area contributed by atoms with Crippen LogP contribution in [0.5, 0.6) is 0 Å². The van der Waals surface area contributed by atoms with Crippen LogP contribution in [0, 0.1) is 0 Å². The Hall–Kier alpha value is -2.08. The molecule has 2 saturated heterocycles. The number of carbonyl (C=O) groups is 2. The summed E-state index contributed by atoms with van der Waals surface area (Å²) >= 11 is 0. The number of rotatable bonds is 4. The maximum absolute atomic E-state index is 12.3. The topological polar surface area (TPSA) is 70.1 Å². The fourth-order valence-electron chi connectivity index (χ4n) is 3.57. The first-order chi connectivity index (χ1) is 11.5. The Balaban J connectivity index is 1.59. The first-order valence-electron chi connectivity index (χ1n) is 8.44. The molecule has 6 heteroatoms. The van der Waals surface area contributed by atoms with Gasteiger partial charge in [0.15, 0.2) is 0 Å². The Bertz CT molecular complexity index is 596. The molecule has 130 valence electrons. The summed E-state index contributed by atoms with van der Waals surface area (Å²) in [4.78, 5) is 27.2.